The van der Waals surface area contributed by atoms with Crippen molar-refractivity contribution in [1.29, 1.82) is 0 Å². The molecule has 1 aliphatic heterocycles. The molecule has 3 rings (SSSR count). The first-order valence-corrected chi connectivity index (χ1v) is 9.20. The number of carbonyl (C=O) groups is 2. The Bertz CT molecular complexity index is 814. The Morgan fingerprint density at radius 3 is 2.71 bits per heavy atom. The number of amides is 1. The summed E-state index contributed by atoms with van der Waals surface area (Å²) < 4.78 is 5.50. The fourth-order valence-electron chi connectivity index (χ4n) is 2.47. The minimum atomic E-state index is -0.511. The molecule has 0 bridgehead atoms. The molecule has 0 aliphatic carbocycles. The highest BCUT2D eigenvalue weighted by molar-refractivity contribution is 9.10. The first-order valence-electron chi connectivity index (χ1n) is 7.09. The summed E-state index contributed by atoms with van der Waals surface area (Å²) in [4.78, 5) is 25.6. The van der Waals surface area contributed by atoms with Crippen LogP contribution in [0.5, 0.6) is 0 Å². The minimum absolute atomic E-state index is 0.251. The van der Waals surface area contributed by atoms with Crippen LogP contribution >= 0.6 is 39.3 Å². The average molecular weight is 427 g/mol. The number of ether oxygens (including phenoxy) is 1. The summed E-state index contributed by atoms with van der Waals surface area (Å²) in [6, 6.07) is 12.7. The standard InChI is InChI=1S/C17H13BrClNO3S/c1-23-17(22)10-7-6-9(18)8-12(10)20-16(21)15-14(19)11-4-2-3-5-13(11)24-15/h2-8,14-15H,1H3,(H,20,21). The number of esters is 1. The number of alkyl halides is 1. The van der Waals surface area contributed by atoms with Crippen LogP contribution < -0.4 is 5.32 Å². The van der Waals surface area contributed by atoms with E-state index in [0.717, 1.165) is 14.9 Å². The molecular weight excluding hydrogens is 414 g/mol. The van der Waals surface area contributed by atoms with E-state index < -0.39 is 16.6 Å². The fraction of sp³-hybridized carbons (Fsp3) is 0.176. The van der Waals surface area contributed by atoms with Crippen LogP contribution in [0, 0.1) is 0 Å². The van der Waals surface area contributed by atoms with E-state index in [-0.39, 0.29) is 5.91 Å². The second kappa shape index (κ2) is 7.17. The molecule has 24 heavy (non-hydrogen) atoms. The number of anilines is 1. The summed E-state index contributed by atoms with van der Waals surface area (Å²) in [5.74, 6) is -0.762. The molecule has 0 radical (unpaired) electrons. The van der Waals surface area contributed by atoms with Gasteiger partial charge in [-0.15, -0.1) is 23.4 Å². The Hall–Kier alpha value is -1.50. The zero-order valence-electron chi connectivity index (χ0n) is 12.6. The molecule has 0 spiro atoms. The third-order valence-corrected chi connectivity index (χ3v) is 6.13. The van der Waals surface area contributed by atoms with Gasteiger partial charge in [-0.25, -0.2) is 4.79 Å². The van der Waals surface area contributed by atoms with Gasteiger partial charge in [-0.3, -0.25) is 4.79 Å². The fourth-order valence-corrected chi connectivity index (χ4v) is 4.55. The van der Waals surface area contributed by atoms with Crippen molar-refractivity contribution in [3.63, 3.8) is 0 Å². The summed E-state index contributed by atoms with van der Waals surface area (Å²) in [7, 11) is 1.30. The second-order valence-corrected chi connectivity index (χ2v) is 7.72. The highest BCUT2D eigenvalue weighted by Gasteiger charge is 2.37. The highest BCUT2D eigenvalue weighted by Crippen LogP contribution is 2.47. The van der Waals surface area contributed by atoms with Gasteiger partial charge in [0.25, 0.3) is 0 Å². The quantitative estimate of drug-likeness (QED) is 0.574. The number of benzene rings is 2. The third-order valence-electron chi connectivity index (χ3n) is 3.64. The van der Waals surface area contributed by atoms with Gasteiger partial charge in [-0.05, 0) is 29.8 Å². The number of hydrogen-bond acceptors (Lipinski definition) is 4. The Labute approximate surface area is 157 Å². The molecule has 0 saturated heterocycles. The van der Waals surface area contributed by atoms with Crippen LogP contribution in [-0.2, 0) is 9.53 Å². The van der Waals surface area contributed by atoms with Crippen molar-refractivity contribution < 1.29 is 14.3 Å². The van der Waals surface area contributed by atoms with E-state index in [0.29, 0.717) is 11.3 Å². The molecule has 0 fully saturated rings. The Balaban J connectivity index is 1.84. The molecule has 2 aromatic rings. The first kappa shape index (κ1) is 17.3. The molecular formula is C17H13BrClNO3S. The number of fused-ring (bicyclic) bond motifs is 1. The predicted octanol–water partition coefficient (Wildman–Crippen LogP) is 4.63. The van der Waals surface area contributed by atoms with E-state index in [1.165, 1.54) is 18.9 Å². The molecule has 1 heterocycles. The number of methoxy groups -OCH3 is 1. The van der Waals surface area contributed by atoms with E-state index in [2.05, 4.69) is 21.2 Å². The van der Waals surface area contributed by atoms with E-state index >= 15 is 0 Å². The smallest absolute Gasteiger partial charge is 0.339 e. The zero-order chi connectivity index (χ0) is 17.3. The molecule has 0 saturated carbocycles. The van der Waals surface area contributed by atoms with Gasteiger partial charge in [0.15, 0.2) is 0 Å². The summed E-state index contributed by atoms with van der Waals surface area (Å²) in [5.41, 5.74) is 1.63. The molecule has 2 unspecified atom stereocenters. The van der Waals surface area contributed by atoms with Crippen LogP contribution in [0.2, 0.25) is 0 Å². The van der Waals surface area contributed by atoms with E-state index in [9.17, 15) is 9.59 Å². The SMILES string of the molecule is COC(=O)c1ccc(Br)cc1NC(=O)C1Sc2ccccc2C1Cl. The lowest BCUT2D eigenvalue weighted by atomic mass is 10.1. The molecule has 2 atom stereocenters. The highest BCUT2D eigenvalue weighted by atomic mass is 79.9. The van der Waals surface area contributed by atoms with Crippen molar-refractivity contribution in [2.75, 3.05) is 12.4 Å². The maximum Gasteiger partial charge on any atom is 0.339 e. The molecule has 1 N–H and O–H groups in total. The Morgan fingerprint density at radius 2 is 2.00 bits per heavy atom. The maximum atomic E-state index is 12.7. The lowest BCUT2D eigenvalue weighted by Crippen LogP contribution is -2.27. The number of halogens is 2. The maximum absolute atomic E-state index is 12.7. The van der Waals surface area contributed by atoms with Crippen molar-refractivity contribution in [2.24, 2.45) is 0 Å². The van der Waals surface area contributed by atoms with Gasteiger partial charge in [-0.1, -0.05) is 34.1 Å². The van der Waals surface area contributed by atoms with Crippen molar-refractivity contribution in [3.05, 3.63) is 58.1 Å². The van der Waals surface area contributed by atoms with Crippen molar-refractivity contribution >= 4 is 56.9 Å². The topological polar surface area (TPSA) is 55.4 Å². The predicted molar refractivity (Wildman–Crippen MR) is 98.8 cm³/mol. The third kappa shape index (κ3) is 3.31. The van der Waals surface area contributed by atoms with Gasteiger partial charge in [0.2, 0.25) is 5.91 Å². The first-order chi connectivity index (χ1) is 11.5. The van der Waals surface area contributed by atoms with E-state index in [4.69, 9.17) is 16.3 Å². The minimum Gasteiger partial charge on any atom is -0.465 e. The second-order valence-electron chi connectivity index (χ2n) is 5.15. The monoisotopic (exact) mass is 425 g/mol. The van der Waals surface area contributed by atoms with Crippen molar-refractivity contribution in [3.8, 4) is 0 Å². The van der Waals surface area contributed by atoms with Gasteiger partial charge in [-0.2, -0.15) is 0 Å². The number of rotatable bonds is 3. The van der Waals surface area contributed by atoms with Gasteiger partial charge in [0.05, 0.1) is 23.7 Å². The molecule has 1 aliphatic rings. The lowest BCUT2D eigenvalue weighted by Gasteiger charge is -2.15. The summed E-state index contributed by atoms with van der Waals surface area (Å²) in [6.07, 6.45) is 0. The molecule has 7 heteroatoms. The molecule has 124 valence electrons. The molecule has 4 nitrogen and oxygen atoms in total. The van der Waals surface area contributed by atoms with E-state index in [1.54, 1.807) is 18.2 Å². The lowest BCUT2D eigenvalue weighted by molar-refractivity contribution is -0.115. The summed E-state index contributed by atoms with van der Waals surface area (Å²) >= 11 is 11.2. The molecule has 0 aromatic heterocycles. The molecule has 2 aromatic carbocycles. The largest absolute Gasteiger partial charge is 0.465 e. The number of hydrogen-bond donors (Lipinski definition) is 1. The van der Waals surface area contributed by atoms with Gasteiger partial charge in [0, 0.05) is 9.37 Å². The Morgan fingerprint density at radius 1 is 1.25 bits per heavy atom. The van der Waals surface area contributed by atoms with Crippen LogP contribution in [0.15, 0.2) is 51.8 Å². The van der Waals surface area contributed by atoms with Crippen LogP contribution in [0.25, 0.3) is 0 Å². The summed E-state index contributed by atoms with van der Waals surface area (Å²) in [6.45, 7) is 0. The molecule has 1 amide bonds. The summed E-state index contributed by atoms with van der Waals surface area (Å²) in [5, 5.41) is 1.92. The number of nitrogens with one attached hydrogen (secondary N) is 1. The van der Waals surface area contributed by atoms with Crippen LogP contribution in [-0.4, -0.2) is 24.2 Å². The van der Waals surface area contributed by atoms with E-state index in [1.807, 2.05) is 24.3 Å². The van der Waals surface area contributed by atoms with Gasteiger partial charge < -0.3 is 10.1 Å². The zero-order valence-corrected chi connectivity index (χ0v) is 15.7. The number of thioether (sulfide) groups is 1. The van der Waals surface area contributed by atoms with Crippen LogP contribution in [0.3, 0.4) is 0 Å². The number of carbonyl (C=O) groups excluding carboxylic acids is 2. The average Bonchev–Trinajstić information content (AvgIpc) is 2.92. The van der Waals surface area contributed by atoms with Crippen molar-refractivity contribution in [1.82, 2.24) is 0 Å². The van der Waals surface area contributed by atoms with Crippen molar-refractivity contribution in [2.45, 2.75) is 15.5 Å². The van der Waals surface area contributed by atoms with Crippen LogP contribution in [0.4, 0.5) is 5.69 Å². The van der Waals surface area contributed by atoms with Crippen LogP contribution in [0.1, 0.15) is 21.3 Å². The van der Waals surface area contributed by atoms with Gasteiger partial charge >= 0.3 is 5.97 Å². The Kier molecular flexibility index (Phi) is 5.18. The normalized spacial score (nSPS) is 18.8. The van der Waals surface area contributed by atoms with Gasteiger partial charge in [0.1, 0.15) is 5.25 Å².